The zero-order valence-corrected chi connectivity index (χ0v) is 10.8. The molecular weight excluding hydrogens is 220 g/mol. The number of likely N-dealkylation sites (N-methyl/N-ethyl adjacent to an activating group) is 1. The number of piperidine rings is 1. The predicted molar refractivity (Wildman–Crippen MR) is 64.7 cm³/mol. The van der Waals surface area contributed by atoms with Gasteiger partial charge in [-0.25, -0.2) is 4.79 Å². The molecule has 1 atom stereocenters. The summed E-state index contributed by atoms with van der Waals surface area (Å²) < 4.78 is 0. The Hall–Kier alpha value is -1.10. The number of carbonyl (C=O) groups is 2. The number of carbonyl (C=O) groups excluding carboxylic acids is 1. The van der Waals surface area contributed by atoms with Crippen LogP contribution in [-0.2, 0) is 9.59 Å². The first-order chi connectivity index (χ1) is 7.90. The van der Waals surface area contributed by atoms with Crippen molar-refractivity contribution in [2.24, 2.45) is 0 Å². The van der Waals surface area contributed by atoms with Gasteiger partial charge in [0, 0.05) is 6.54 Å². The molecule has 0 aromatic rings. The maximum atomic E-state index is 12.3. The summed E-state index contributed by atoms with van der Waals surface area (Å²) in [4.78, 5) is 25.0. The number of amides is 1. The van der Waals surface area contributed by atoms with Crippen molar-refractivity contribution in [3.05, 3.63) is 0 Å². The van der Waals surface area contributed by atoms with E-state index in [1.54, 1.807) is 13.8 Å². The third-order valence-corrected chi connectivity index (χ3v) is 3.20. The molecule has 1 aliphatic heterocycles. The van der Waals surface area contributed by atoms with Crippen molar-refractivity contribution in [1.82, 2.24) is 10.2 Å². The molecule has 0 aromatic heterocycles. The molecule has 0 aliphatic carbocycles. The topological polar surface area (TPSA) is 69.6 Å². The van der Waals surface area contributed by atoms with Gasteiger partial charge >= 0.3 is 5.97 Å². The maximum absolute atomic E-state index is 12.3. The minimum Gasteiger partial charge on any atom is -0.480 e. The molecule has 98 valence electrons. The number of nitrogens with zero attached hydrogens (tertiary/aromatic N) is 1. The molecule has 1 amide bonds. The van der Waals surface area contributed by atoms with Crippen LogP contribution in [0.2, 0.25) is 0 Å². The van der Waals surface area contributed by atoms with Crippen LogP contribution in [0.25, 0.3) is 0 Å². The predicted octanol–water partition coefficient (Wildman–Crippen LogP) is 0.840. The summed E-state index contributed by atoms with van der Waals surface area (Å²) in [5.74, 6) is -1.02. The van der Waals surface area contributed by atoms with E-state index in [0.717, 1.165) is 12.8 Å². The van der Waals surface area contributed by atoms with Gasteiger partial charge in [-0.15, -0.1) is 0 Å². The molecule has 1 aliphatic rings. The highest BCUT2D eigenvalue weighted by Crippen LogP contribution is 2.21. The lowest BCUT2D eigenvalue weighted by atomic mass is 9.96. The van der Waals surface area contributed by atoms with Crippen LogP contribution in [0.4, 0.5) is 0 Å². The first kappa shape index (κ1) is 14.0. The summed E-state index contributed by atoms with van der Waals surface area (Å²) in [6.07, 6.45) is 2.32. The highest BCUT2D eigenvalue weighted by molar-refractivity contribution is 5.89. The van der Waals surface area contributed by atoms with Crippen LogP contribution in [0.15, 0.2) is 0 Å². The van der Waals surface area contributed by atoms with Crippen LogP contribution < -0.4 is 5.32 Å². The van der Waals surface area contributed by atoms with Gasteiger partial charge in [-0.1, -0.05) is 6.92 Å². The lowest BCUT2D eigenvalue weighted by Gasteiger charge is -2.38. The van der Waals surface area contributed by atoms with E-state index in [-0.39, 0.29) is 5.91 Å². The second-order valence-electron chi connectivity index (χ2n) is 5.00. The lowest BCUT2D eigenvalue weighted by molar-refractivity contribution is -0.154. The minimum absolute atomic E-state index is 0.119. The lowest BCUT2D eigenvalue weighted by Crippen LogP contribution is -2.59. The average molecular weight is 242 g/mol. The zero-order chi connectivity index (χ0) is 13.1. The van der Waals surface area contributed by atoms with Crippen molar-refractivity contribution in [1.29, 1.82) is 0 Å². The molecule has 2 N–H and O–H groups in total. The van der Waals surface area contributed by atoms with E-state index in [0.29, 0.717) is 19.5 Å². The molecule has 0 unspecified atom stereocenters. The Bertz CT molecular complexity index is 302. The van der Waals surface area contributed by atoms with Crippen LogP contribution >= 0.6 is 0 Å². The van der Waals surface area contributed by atoms with E-state index in [2.05, 4.69) is 5.32 Å². The Labute approximate surface area is 102 Å². The summed E-state index contributed by atoms with van der Waals surface area (Å²) in [6, 6.07) is -0.658. The van der Waals surface area contributed by atoms with Gasteiger partial charge in [0.15, 0.2) is 0 Å². The Morgan fingerprint density at radius 2 is 2.06 bits per heavy atom. The number of aliphatic carboxylic acids is 1. The van der Waals surface area contributed by atoms with Crippen LogP contribution in [0.1, 0.15) is 40.0 Å². The van der Waals surface area contributed by atoms with Crippen LogP contribution in [0, 0.1) is 0 Å². The van der Waals surface area contributed by atoms with Crippen molar-refractivity contribution in [2.75, 3.05) is 13.1 Å². The quantitative estimate of drug-likeness (QED) is 0.766. The van der Waals surface area contributed by atoms with Crippen LogP contribution in [0.3, 0.4) is 0 Å². The summed E-state index contributed by atoms with van der Waals surface area (Å²) in [5, 5.41) is 12.2. The molecule has 1 saturated heterocycles. The Morgan fingerprint density at radius 1 is 1.41 bits per heavy atom. The SMILES string of the molecule is CCNC(C)(C)C(=O)N1CCCC[C@H]1C(=O)O. The molecule has 0 radical (unpaired) electrons. The summed E-state index contributed by atoms with van der Waals surface area (Å²) in [5.41, 5.74) is -0.695. The number of rotatable bonds is 4. The van der Waals surface area contributed by atoms with Crippen molar-refractivity contribution < 1.29 is 14.7 Å². The maximum Gasteiger partial charge on any atom is 0.326 e. The molecule has 5 heteroatoms. The van der Waals surface area contributed by atoms with Gasteiger partial charge in [0.05, 0.1) is 5.54 Å². The number of carboxylic acids is 1. The second-order valence-corrected chi connectivity index (χ2v) is 5.00. The van der Waals surface area contributed by atoms with Gasteiger partial charge in [-0.2, -0.15) is 0 Å². The van der Waals surface area contributed by atoms with Gasteiger partial charge in [0.1, 0.15) is 6.04 Å². The van der Waals surface area contributed by atoms with Crippen molar-refractivity contribution in [3.63, 3.8) is 0 Å². The Balaban J connectivity index is 2.81. The van der Waals surface area contributed by atoms with Gasteiger partial charge in [-0.05, 0) is 39.7 Å². The van der Waals surface area contributed by atoms with E-state index in [4.69, 9.17) is 5.11 Å². The fourth-order valence-corrected chi connectivity index (χ4v) is 2.31. The number of hydrogen-bond donors (Lipinski definition) is 2. The van der Waals surface area contributed by atoms with Crippen molar-refractivity contribution >= 4 is 11.9 Å². The van der Waals surface area contributed by atoms with Crippen molar-refractivity contribution in [3.8, 4) is 0 Å². The first-order valence-electron chi connectivity index (χ1n) is 6.19. The third kappa shape index (κ3) is 3.19. The Kier molecular flexibility index (Phi) is 4.51. The molecule has 1 fully saturated rings. The molecule has 0 bridgehead atoms. The van der Waals surface area contributed by atoms with E-state index >= 15 is 0 Å². The van der Waals surface area contributed by atoms with Crippen molar-refractivity contribution in [2.45, 2.75) is 51.6 Å². The summed E-state index contributed by atoms with van der Waals surface area (Å²) in [6.45, 7) is 6.76. The standard InChI is InChI=1S/C12H22N2O3/c1-4-13-12(2,3)11(17)14-8-6-5-7-9(14)10(15)16/h9,13H,4-8H2,1-3H3,(H,15,16)/t9-/m0/s1. The largest absolute Gasteiger partial charge is 0.480 e. The number of hydrogen-bond acceptors (Lipinski definition) is 3. The molecule has 5 nitrogen and oxygen atoms in total. The number of nitrogens with one attached hydrogen (secondary N) is 1. The number of carboxylic acid groups (broad SMARTS) is 1. The van der Waals surface area contributed by atoms with E-state index in [9.17, 15) is 9.59 Å². The fourth-order valence-electron chi connectivity index (χ4n) is 2.31. The smallest absolute Gasteiger partial charge is 0.326 e. The molecule has 1 heterocycles. The highest BCUT2D eigenvalue weighted by Gasteiger charge is 2.38. The van der Waals surface area contributed by atoms with Crippen LogP contribution in [0.5, 0.6) is 0 Å². The monoisotopic (exact) mass is 242 g/mol. The summed E-state index contributed by atoms with van der Waals surface area (Å²) >= 11 is 0. The molecule has 0 spiro atoms. The van der Waals surface area contributed by atoms with E-state index in [1.807, 2.05) is 6.92 Å². The van der Waals surface area contributed by atoms with E-state index in [1.165, 1.54) is 4.90 Å². The molecule has 1 rings (SSSR count). The van der Waals surface area contributed by atoms with Gasteiger partial charge in [0.2, 0.25) is 5.91 Å². The zero-order valence-electron chi connectivity index (χ0n) is 10.8. The van der Waals surface area contributed by atoms with Gasteiger partial charge < -0.3 is 15.3 Å². The normalized spacial score (nSPS) is 21.4. The molecule has 17 heavy (non-hydrogen) atoms. The van der Waals surface area contributed by atoms with Gasteiger partial charge in [0.25, 0.3) is 0 Å². The average Bonchev–Trinajstić information content (AvgIpc) is 2.28. The minimum atomic E-state index is -0.898. The molecule has 0 aromatic carbocycles. The molecular formula is C12H22N2O3. The second kappa shape index (κ2) is 5.49. The third-order valence-electron chi connectivity index (χ3n) is 3.20. The van der Waals surface area contributed by atoms with Crippen LogP contribution in [-0.4, -0.2) is 46.6 Å². The highest BCUT2D eigenvalue weighted by atomic mass is 16.4. The Morgan fingerprint density at radius 3 is 2.59 bits per heavy atom. The fraction of sp³-hybridized carbons (Fsp3) is 0.833. The van der Waals surface area contributed by atoms with Gasteiger partial charge in [-0.3, -0.25) is 4.79 Å². The van der Waals surface area contributed by atoms with E-state index < -0.39 is 17.6 Å². The molecule has 0 saturated carbocycles. The summed E-state index contributed by atoms with van der Waals surface area (Å²) in [7, 11) is 0. The number of likely N-dealkylation sites (tertiary alicyclic amines) is 1. The first-order valence-corrected chi connectivity index (χ1v) is 6.19.